The Balaban J connectivity index is 2.13. The summed E-state index contributed by atoms with van der Waals surface area (Å²) in [6, 6.07) is 0.651. The van der Waals surface area contributed by atoms with E-state index in [1.54, 1.807) is 0 Å². The zero-order valence-corrected chi connectivity index (χ0v) is 10.5. The number of hydrogen-bond acceptors (Lipinski definition) is 2. The monoisotopic (exact) mass is 213 g/mol. The zero-order chi connectivity index (χ0) is 10.4. The van der Waals surface area contributed by atoms with E-state index in [4.69, 9.17) is 0 Å². The Kier molecular flexibility index (Phi) is 2.64. The minimum atomic E-state index is 0.569. The molecule has 2 bridgehead atoms. The van der Waals surface area contributed by atoms with Crippen LogP contribution in [0.4, 0.5) is 0 Å². The van der Waals surface area contributed by atoms with Crippen molar-refractivity contribution in [3.8, 4) is 0 Å². The minimum Gasteiger partial charge on any atom is -0.264 e. The summed E-state index contributed by atoms with van der Waals surface area (Å²) in [6.45, 7) is 7.34. The average Bonchev–Trinajstić information content (AvgIpc) is 1.97. The predicted molar refractivity (Wildman–Crippen MR) is 64.4 cm³/mol. The zero-order valence-electron chi connectivity index (χ0n) is 9.64. The van der Waals surface area contributed by atoms with Crippen LogP contribution in [0, 0.1) is 16.7 Å². The molecule has 0 aromatic rings. The van der Waals surface area contributed by atoms with Gasteiger partial charge in [-0.25, -0.2) is 0 Å². The molecule has 3 atom stereocenters. The summed E-state index contributed by atoms with van der Waals surface area (Å²) < 4.78 is 3.18. The van der Waals surface area contributed by atoms with Gasteiger partial charge in [0.15, 0.2) is 0 Å². The molecule has 2 aliphatic carbocycles. The highest BCUT2D eigenvalue weighted by atomic mass is 32.1. The first kappa shape index (κ1) is 10.8. The van der Waals surface area contributed by atoms with E-state index in [2.05, 4.69) is 38.3 Å². The summed E-state index contributed by atoms with van der Waals surface area (Å²) >= 11 is 4.24. The van der Waals surface area contributed by atoms with E-state index < -0.39 is 0 Å². The summed E-state index contributed by atoms with van der Waals surface area (Å²) in [4.78, 5) is 0. The Morgan fingerprint density at radius 1 is 1.14 bits per heavy atom. The molecule has 3 unspecified atom stereocenters. The van der Waals surface area contributed by atoms with Crippen molar-refractivity contribution in [2.24, 2.45) is 16.7 Å². The maximum Gasteiger partial charge on any atom is 0.0177 e. The quantitative estimate of drug-likeness (QED) is 0.636. The molecule has 2 rings (SSSR count). The SMILES string of the molecule is CC1(C)CC2CC(NS)CC(C)(C2)C1. The van der Waals surface area contributed by atoms with Crippen LogP contribution in [0.15, 0.2) is 0 Å². The third kappa shape index (κ3) is 2.11. The van der Waals surface area contributed by atoms with Gasteiger partial charge in [-0.3, -0.25) is 4.72 Å². The summed E-state index contributed by atoms with van der Waals surface area (Å²) in [5.74, 6) is 0.933. The molecule has 0 aromatic carbocycles. The Labute approximate surface area is 93.6 Å². The molecule has 82 valence electrons. The first-order valence-electron chi connectivity index (χ1n) is 5.82. The number of rotatable bonds is 1. The van der Waals surface area contributed by atoms with Crippen LogP contribution in [0.2, 0.25) is 0 Å². The normalized spacial score (nSPS) is 46.3. The Hall–Kier alpha value is 0.310. The molecule has 0 amide bonds. The first-order chi connectivity index (χ1) is 6.42. The molecule has 2 heteroatoms. The van der Waals surface area contributed by atoms with E-state index in [1.807, 2.05) is 0 Å². The molecule has 14 heavy (non-hydrogen) atoms. The van der Waals surface area contributed by atoms with Crippen LogP contribution in [0.1, 0.15) is 52.9 Å². The van der Waals surface area contributed by atoms with Crippen LogP contribution in [0.3, 0.4) is 0 Å². The lowest BCUT2D eigenvalue weighted by Gasteiger charge is -2.52. The molecule has 2 aliphatic rings. The van der Waals surface area contributed by atoms with Crippen LogP contribution in [0.25, 0.3) is 0 Å². The molecule has 0 saturated heterocycles. The van der Waals surface area contributed by atoms with Crippen molar-refractivity contribution in [1.29, 1.82) is 0 Å². The number of nitrogens with one attached hydrogen (secondary N) is 1. The predicted octanol–water partition coefficient (Wildman–Crippen LogP) is 3.42. The highest BCUT2D eigenvalue weighted by Crippen LogP contribution is 2.55. The van der Waals surface area contributed by atoms with E-state index in [0.717, 1.165) is 5.92 Å². The van der Waals surface area contributed by atoms with Crippen LogP contribution in [0.5, 0.6) is 0 Å². The lowest BCUT2D eigenvalue weighted by atomic mass is 9.54. The molecule has 2 saturated carbocycles. The Morgan fingerprint density at radius 2 is 1.86 bits per heavy atom. The van der Waals surface area contributed by atoms with Gasteiger partial charge in [0.05, 0.1) is 0 Å². The van der Waals surface area contributed by atoms with Crippen LogP contribution >= 0.6 is 12.8 Å². The van der Waals surface area contributed by atoms with E-state index in [0.29, 0.717) is 16.9 Å². The van der Waals surface area contributed by atoms with E-state index in [-0.39, 0.29) is 0 Å². The third-order valence-corrected chi connectivity index (χ3v) is 4.43. The van der Waals surface area contributed by atoms with Gasteiger partial charge in [0, 0.05) is 6.04 Å². The fourth-order valence-corrected chi connectivity index (χ4v) is 4.55. The second-order valence-corrected chi connectivity index (χ2v) is 6.95. The Morgan fingerprint density at radius 3 is 2.43 bits per heavy atom. The van der Waals surface area contributed by atoms with Gasteiger partial charge in [-0.15, -0.1) is 0 Å². The molecule has 0 aromatic heterocycles. The summed E-state index contributed by atoms with van der Waals surface area (Å²) in [5.41, 5.74) is 1.14. The number of hydrogen-bond donors (Lipinski definition) is 2. The van der Waals surface area contributed by atoms with Crippen LogP contribution < -0.4 is 4.72 Å². The van der Waals surface area contributed by atoms with E-state index >= 15 is 0 Å². The van der Waals surface area contributed by atoms with Gasteiger partial charge in [0.25, 0.3) is 0 Å². The molecular weight excluding hydrogens is 190 g/mol. The second kappa shape index (κ2) is 3.41. The fourth-order valence-electron chi connectivity index (χ4n) is 4.35. The highest BCUT2D eigenvalue weighted by molar-refractivity contribution is 7.78. The Bertz CT molecular complexity index is 224. The standard InChI is InChI=1S/C12H23NS/c1-11(2)5-9-4-10(13-14)7-12(3,6-9)8-11/h9-10,13-14H,4-8H2,1-3H3. The van der Waals surface area contributed by atoms with Gasteiger partial charge in [0.2, 0.25) is 0 Å². The van der Waals surface area contributed by atoms with E-state index in [1.165, 1.54) is 32.1 Å². The second-order valence-electron chi connectivity index (χ2n) is 6.69. The van der Waals surface area contributed by atoms with Crippen molar-refractivity contribution < 1.29 is 0 Å². The topological polar surface area (TPSA) is 12.0 Å². The van der Waals surface area contributed by atoms with Crippen molar-refractivity contribution in [1.82, 2.24) is 4.72 Å². The lowest BCUT2D eigenvalue weighted by molar-refractivity contribution is 0.00296. The molecule has 2 fully saturated rings. The first-order valence-corrected chi connectivity index (χ1v) is 6.27. The van der Waals surface area contributed by atoms with Crippen molar-refractivity contribution in [2.45, 2.75) is 58.9 Å². The van der Waals surface area contributed by atoms with Gasteiger partial charge in [-0.1, -0.05) is 33.6 Å². The van der Waals surface area contributed by atoms with Gasteiger partial charge in [-0.2, -0.15) is 0 Å². The van der Waals surface area contributed by atoms with Gasteiger partial charge >= 0.3 is 0 Å². The molecule has 1 nitrogen and oxygen atoms in total. The number of fused-ring (bicyclic) bond motifs is 2. The lowest BCUT2D eigenvalue weighted by Crippen LogP contribution is -2.45. The number of thiol groups is 1. The molecule has 1 N–H and O–H groups in total. The van der Waals surface area contributed by atoms with E-state index in [9.17, 15) is 0 Å². The summed E-state index contributed by atoms with van der Waals surface area (Å²) in [7, 11) is 0. The maximum absolute atomic E-state index is 4.24. The van der Waals surface area contributed by atoms with Crippen molar-refractivity contribution in [2.75, 3.05) is 0 Å². The summed E-state index contributed by atoms with van der Waals surface area (Å²) in [6.07, 6.45) is 6.90. The van der Waals surface area contributed by atoms with Crippen LogP contribution in [-0.4, -0.2) is 6.04 Å². The maximum atomic E-state index is 4.24. The third-order valence-electron chi connectivity index (χ3n) is 4.07. The molecule has 0 aliphatic heterocycles. The highest BCUT2D eigenvalue weighted by Gasteiger charge is 2.45. The summed E-state index contributed by atoms with van der Waals surface area (Å²) in [5, 5.41) is 0. The van der Waals surface area contributed by atoms with Crippen molar-refractivity contribution in [3.05, 3.63) is 0 Å². The van der Waals surface area contributed by atoms with Crippen LogP contribution in [-0.2, 0) is 0 Å². The van der Waals surface area contributed by atoms with Crippen molar-refractivity contribution in [3.63, 3.8) is 0 Å². The molecule has 0 spiro atoms. The fraction of sp³-hybridized carbons (Fsp3) is 1.00. The molecule has 0 radical (unpaired) electrons. The van der Waals surface area contributed by atoms with Gasteiger partial charge in [0.1, 0.15) is 0 Å². The smallest absolute Gasteiger partial charge is 0.0177 e. The van der Waals surface area contributed by atoms with Crippen molar-refractivity contribution >= 4 is 12.8 Å². The molecular formula is C12H23NS. The molecule has 0 heterocycles. The minimum absolute atomic E-state index is 0.569. The average molecular weight is 213 g/mol. The largest absolute Gasteiger partial charge is 0.264 e. The van der Waals surface area contributed by atoms with Gasteiger partial charge < -0.3 is 0 Å². The van der Waals surface area contributed by atoms with Gasteiger partial charge in [-0.05, 0) is 48.9 Å².